The molecule has 0 spiro atoms. The average molecular weight is 1060 g/mol. The van der Waals surface area contributed by atoms with Crippen molar-refractivity contribution in [2.24, 2.45) is 29.2 Å². The summed E-state index contributed by atoms with van der Waals surface area (Å²) in [6, 6.07) is -2.39. The molecule has 2 bridgehead atoms. The molecule has 0 saturated carbocycles. The molecule has 0 aromatic carbocycles. The van der Waals surface area contributed by atoms with Crippen molar-refractivity contribution >= 4 is 17.8 Å². The smallest absolute Gasteiger partial charge is 0.315 e. The second kappa shape index (κ2) is 33.0. The number of esters is 2. The summed E-state index contributed by atoms with van der Waals surface area (Å²) >= 11 is 0. The van der Waals surface area contributed by atoms with Gasteiger partial charge < -0.3 is 91.5 Å². The molecule has 21 nitrogen and oxygen atoms in total. The van der Waals surface area contributed by atoms with Crippen molar-refractivity contribution in [3.63, 3.8) is 0 Å². The van der Waals surface area contributed by atoms with Crippen LogP contribution in [0.2, 0.25) is 0 Å². The first-order chi connectivity index (χ1) is 35.5. The highest BCUT2D eigenvalue weighted by Gasteiger charge is 2.52. The van der Waals surface area contributed by atoms with Crippen LogP contribution in [0.1, 0.15) is 85.5 Å². The number of aliphatic hydroxyl groups excluding tert-OH is 9. The summed E-state index contributed by atoms with van der Waals surface area (Å²) in [5, 5.41) is 113. The molecule has 21 heteroatoms. The van der Waals surface area contributed by atoms with Crippen LogP contribution < -0.4 is 16.8 Å². The Balaban J connectivity index is 1.98. The second-order valence-electron chi connectivity index (χ2n) is 19.7. The Morgan fingerprint density at radius 2 is 1.36 bits per heavy atom. The number of carbonyl (C=O) groups is 3. The maximum atomic E-state index is 13.5. The molecule has 2 saturated heterocycles. The molecule has 2 fully saturated rings. The minimum atomic E-state index is -2.37. The third-order valence-electron chi connectivity index (χ3n) is 13.4. The van der Waals surface area contributed by atoms with E-state index in [4.69, 9.17) is 41.6 Å². The fraction of sp³-hybridized carbons (Fsp3) is 0.648. The highest BCUT2D eigenvalue weighted by molar-refractivity contribution is 5.82. The number of hydrogen-bond donors (Lipinski definition) is 13. The molecule has 0 aromatic rings. The van der Waals surface area contributed by atoms with Crippen LogP contribution in [0.25, 0.3) is 0 Å². The maximum Gasteiger partial charge on any atom is 0.315 e. The molecule has 75 heavy (non-hydrogen) atoms. The zero-order chi connectivity index (χ0) is 55.8. The lowest BCUT2D eigenvalue weighted by Gasteiger charge is -2.46. The summed E-state index contributed by atoms with van der Waals surface area (Å²) in [4.78, 5) is 39.1. The lowest BCUT2D eigenvalue weighted by atomic mass is 9.82. The number of rotatable bonds is 8. The van der Waals surface area contributed by atoms with Gasteiger partial charge in [-0.15, -0.1) is 6.42 Å². The SMILES string of the molecule is C#CCOC(=O)[C@H]1[C@@H]2C[C@@H](O[C@@H]3O[C@H](C)[C@@H](O)[C@H](NC(=O)[C@H](N)CCN)[C@@H]3O)C=CC=CC=CC=CC=CC=CC=C[C@H](C)[C@@H](O)[C@@H](C)[C@H](C)OC(=O)C[C@H](O)C[C@H](O)CC[C@@H](O)[C@H](O)C[C@H](O)C[C@](O)(C[C@@H]1O)O2. The number of nitrogens with one attached hydrogen (secondary N) is 1. The third kappa shape index (κ3) is 22.2. The molecule has 3 aliphatic rings. The molecule has 0 aromatic heterocycles. The Morgan fingerprint density at radius 1 is 0.760 bits per heavy atom. The van der Waals surface area contributed by atoms with Gasteiger partial charge in [0.2, 0.25) is 5.91 Å². The molecule has 3 heterocycles. The lowest BCUT2D eigenvalue weighted by molar-refractivity contribution is -0.309. The normalized spacial score (nSPS) is 38.2. The van der Waals surface area contributed by atoms with Crippen LogP contribution in [0.4, 0.5) is 0 Å². The molecule has 0 aliphatic carbocycles. The van der Waals surface area contributed by atoms with Gasteiger partial charge in [-0.3, -0.25) is 14.4 Å². The van der Waals surface area contributed by atoms with E-state index in [1.54, 1.807) is 86.8 Å². The lowest BCUT2D eigenvalue weighted by Crippen LogP contribution is -2.65. The van der Waals surface area contributed by atoms with Crippen molar-refractivity contribution in [2.75, 3.05) is 13.2 Å². The molecular weight excluding hydrogens is 979 g/mol. The summed E-state index contributed by atoms with van der Waals surface area (Å²) in [6.07, 6.45) is 7.56. The van der Waals surface area contributed by atoms with Gasteiger partial charge in [-0.1, -0.05) is 105 Å². The van der Waals surface area contributed by atoms with Crippen molar-refractivity contribution in [1.82, 2.24) is 5.32 Å². The van der Waals surface area contributed by atoms with Crippen LogP contribution in [0.15, 0.2) is 85.1 Å². The van der Waals surface area contributed by atoms with E-state index in [0.717, 1.165) is 0 Å². The number of fused-ring (bicyclic) bond motifs is 2. The van der Waals surface area contributed by atoms with Crippen LogP contribution in [0.3, 0.4) is 0 Å². The van der Waals surface area contributed by atoms with E-state index in [1.165, 1.54) is 13.0 Å². The zero-order valence-electron chi connectivity index (χ0n) is 43.3. The van der Waals surface area contributed by atoms with Gasteiger partial charge in [-0.25, -0.2) is 0 Å². The molecule has 3 rings (SSSR count). The molecule has 3 aliphatic heterocycles. The van der Waals surface area contributed by atoms with Crippen molar-refractivity contribution in [2.45, 2.75) is 189 Å². The quantitative estimate of drug-likeness (QED) is 0.109. The van der Waals surface area contributed by atoms with Crippen molar-refractivity contribution in [3.8, 4) is 12.3 Å². The van der Waals surface area contributed by atoms with E-state index in [-0.39, 0.29) is 44.6 Å². The Bertz CT molecular complexity index is 2010. The number of aliphatic hydroxyl groups is 10. The predicted molar refractivity (Wildman–Crippen MR) is 275 cm³/mol. The number of amides is 1. The Morgan fingerprint density at radius 3 is 1.96 bits per heavy atom. The molecular formula is C54H83N3O18. The van der Waals surface area contributed by atoms with Crippen LogP contribution in [-0.4, -0.2) is 186 Å². The molecule has 0 radical (unpaired) electrons. The van der Waals surface area contributed by atoms with E-state index >= 15 is 0 Å². The van der Waals surface area contributed by atoms with Crippen molar-refractivity contribution in [3.05, 3.63) is 85.1 Å². The van der Waals surface area contributed by atoms with Gasteiger partial charge in [0.15, 0.2) is 18.7 Å². The number of allylic oxidation sites excluding steroid dienone is 12. The first-order valence-electron chi connectivity index (χ1n) is 25.6. The van der Waals surface area contributed by atoms with Crippen LogP contribution in [0, 0.1) is 30.1 Å². The Hall–Kier alpha value is -4.45. The van der Waals surface area contributed by atoms with E-state index in [0.29, 0.717) is 0 Å². The fourth-order valence-electron chi connectivity index (χ4n) is 8.88. The third-order valence-corrected chi connectivity index (χ3v) is 13.4. The fourth-order valence-corrected chi connectivity index (χ4v) is 8.88. The summed E-state index contributed by atoms with van der Waals surface area (Å²) in [6.45, 7) is 6.30. The number of hydrogen-bond acceptors (Lipinski definition) is 20. The Labute approximate surface area is 439 Å². The van der Waals surface area contributed by atoms with Gasteiger partial charge in [0.05, 0.1) is 79.5 Å². The first-order valence-corrected chi connectivity index (χ1v) is 25.6. The van der Waals surface area contributed by atoms with E-state index in [1.807, 2.05) is 13.0 Å². The summed E-state index contributed by atoms with van der Waals surface area (Å²) < 4.78 is 29.0. The first kappa shape index (κ1) is 64.8. The largest absolute Gasteiger partial charge is 0.462 e. The van der Waals surface area contributed by atoms with Crippen molar-refractivity contribution in [1.29, 1.82) is 0 Å². The molecule has 0 unspecified atom stereocenters. The van der Waals surface area contributed by atoms with Crippen LogP contribution in [-0.2, 0) is 38.1 Å². The number of terminal acetylenes is 1. The van der Waals surface area contributed by atoms with Gasteiger partial charge in [0.1, 0.15) is 24.2 Å². The molecule has 20 atom stereocenters. The predicted octanol–water partition coefficient (Wildman–Crippen LogP) is -0.363. The highest BCUT2D eigenvalue weighted by Crippen LogP contribution is 2.39. The topological polar surface area (TPSA) is 364 Å². The van der Waals surface area contributed by atoms with Crippen LogP contribution >= 0.6 is 0 Å². The minimum Gasteiger partial charge on any atom is -0.462 e. The van der Waals surface area contributed by atoms with Gasteiger partial charge in [0, 0.05) is 37.5 Å². The highest BCUT2D eigenvalue weighted by atomic mass is 16.7. The maximum absolute atomic E-state index is 13.5. The number of ether oxygens (including phenoxy) is 5. The monoisotopic (exact) mass is 1060 g/mol. The number of carbonyl (C=O) groups excluding carboxylic acids is 3. The number of nitrogens with two attached hydrogens (primary N) is 2. The van der Waals surface area contributed by atoms with Gasteiger partial charge in [0.25, 0.3) is 0 Å². The molecule has 422 valence electrons. The average Bonchev–Trinajstić information content (AvgIpc) is 3.33. The summed E-state index contributed by atoms with van der Waals surface area (Å²) in [5.41, 5.74) is 11.5. The van der Waals surface area contributed by atoms with Gasteiger partial charge >= 0.3 is 11.9 Å². The molecule has 15 N–H and O–H groups in total. The summed E-state index contributed by atoms with van der Waals surface area (Å²) in [5.74, 6) is -4.91. The van der Waals surface area contributed by atoms with E-state index in [9.17, 15) is 65.4 Å². The van der Waals surface area contributed by atoms with Crippen molar-refractivity contribution < 1.29 is 89.1 Å². The standard InChI is InChI=1S/C54H83N3O18/c1-6-25-71-52(69)46-43(63)31-54(70)30-38(60)27-42(62)41(61)22-21-36(58)26-37(59)28-45(64)72-34(4)33(3)48(65)32(2)19-17-15-13-11-9-7-8-10-12-14-16-18-20-39(29-44(46)75-54)74-53-50(67)47(49(66)35(5)73-53)57-51(68)40(56)23-24-55/h1,7-20,32-44,46-50,53,58-63,65-67,70H,21-31,55-56H2,2-5H3,(H,57,68)/t32-,33-,34-,35+,36+,37+,38-,39-,40+,41+,42+,43-,44-,46+,47-,48+,49+,50-,53-,54+/m0/s1. The van der Waals surface area contributed by atoms with Crippen LogP contribution in [0.5, 0.6) is 0 Å². The number of cyclic esters (lactones) is 1. The minimum absolute atomic E-state index is 0.0984. The summed E-state index contributed by atoms with van der Waals surface area (Å²) in [7, 11) is 0. The van der Waals surface area contributed by atoms with E-state index < -0.39 is 165 Å². The van der Waals surface area contributed by atoms with E-state index in [2.05, 4.69) is 11.2 Å². The zero-order valence-corrected chi connectivity index (χ0v) is 43.3. The second-order valence-corrected chi connectivity index (χ2v) is 19.7. The van der Waals surface area contributed by atoms with Gasteiger partial charge in [-0.05, 0) is 46.1 Å². The Kier molecular flexibility index (Phi) is 28.5. The van der Waals surface area contributed by atoms with Gasteiger partial charge in [-0.2, -0.15) is 0 Å². The molecule has 1 amide bonds.